The van der Waals surface area contributed by atoms with Gasteiger partial charge in [0, 0.05) is 20.3 Å². The molecule has 0 saturated heterocycles. The molecule has 0 aromatic carbocycles. The molecule has 5 heteroatoms. The largest absolute Gasteiger partial charge is 0.367 e. The van der Waals surface area contributed by atoms with Crippen molar-refractivity contribution in [1.29, 1.82) is 0 Å². The molecule has 1 rings (SSSR count). The lowest BCUT2D eigenvalue weighted by Gasteiger charge is -2.09. The molecule has 0 bridgehead atoms. The molecular weight excluding hydrogens is 144 g/mol. The van der Waals surface area contributed by atoms with E-state index in [-0.39, 0.29) is 0 Å². The highest BCUT2D eigenvalue weighted by atomic mass is 16.1. The smallest absolute Gasteiger partial charge is 0.363 e. The van der Waals surface area contributed by atoms with Crippen molar-refractivity contribution in [3.8, 4) is 0 Å². The van der Waals surface area contributed by atoms with E-state index in [9.17, 15) is 4.79 Å². The number of nitrogen functional groups attached to an aromatic ring is 1. The maximum absolute atomic E-state index is 10.8. The number of nitrogens with zero attached hydrogens (tertiary/aromatic N) is 3. The summed E-state index contributed by atoms with van der Waals surface area (Å²) in [7, 11) is 3.62. The van der Waals surface area contributed by atoms with E-state index < -0.39 is 5.69 Å². The van der Waals surface area contributed by atoms with Crippen molar-refractivity contribution < 1.29 is 0 Å². The molecule has 0 radical (unpaired) electrons. The number of hydrogen-bond acceptors (Lipinski definition) is 4. The van der Waals surface area contributed by atoms with Crippen molar-refractivity contribution in [2.45, 2.75) is 0 Å². The zero-order valence-corrected chi connectivity index (χ0v) is 6.48. The first-order valence-electron chi connectivity index (χ1n) is 3.13. The lowest BCUT2D eigenvalue weighted by Crippen LogP contribution is -2.30. The predicted octanol–water partition coefficient (Wildman–Crippen LogP) is -0.977. The molecule has 5 nitrogen and oxygen atoms in total. The van der Waals surface area contributed by atoms with E-state index >= 15 is 0 Å². The van der Waals surface area contributed by atoms with Gasteiger partial charge in [-0.15, -0.1) is 0 Å². The molecule has 2 N–H and O–H groups in total. The molecule has 11 heavy (non-hydrogen) atoms. The van der Waals surface area contributed by atoms with Gasteiger partial charge in [-0.05, 0) is 6.07 Å². The highest BCUT2D eigenvalue weighted by Gasteiger charge is 1.97. The third kappa shape index (κ3) is 1.49. The second-order valence-electron chi connectivity index (χ2n) is 2.37. The fraction of sp³-hybridized carbons (Fsp3) is 0.333. The Morgan fingerprint density at radius 2 is 2.27 bits per heavy atom. The standard InChI is InChI=1S/C6H10N4O/c1-9(2)5-3-4-10(7)6(11)8-5/h3-4H,7H2,1-2H3. The molecule has 1 aromatic rings. The van der Waals surface area contributed by atoms with Crippen LogP contribution in [0.25, 0.3) is 0 Å². The van der Waals surface area contributed by atoms with Crippen LogP contribution >= 0.6 is 0 Å². The molecule has 0 aliphatic heterocycles. The van der Waals surface area contributed by atoms with E-state index in [1.807, 2.05) is 14.1 Å². The summed E-state index contributed by atoms with van der Waals surface area (Å²) >= 11 is 0. The van der Waals surface area contributed by atoms with Gasteiger partial charge in [-0.3, -0.25) is 0 Å². The van der Waals surface area contributed by atoms with Crippen molar-refractivity contribution >= 4 is 5.82 Å². The molecule has 0 atom stereocenters. The summed E-state index contributed by atoms with van der Waals surface area (Å²) in [5.74, 6) is 5.82. The normalized spacial score (nSPS) is 9.64. The SMILES string of the molecule is CN(C)c1ccn(N)c(=O)n1. The summed E-state index contributed by atoms with van der Waals surface area (Å²) in [5, 5.41) is 0. The van der Waals surface area contributed by atoms with E-state index in [0.29, 0.717) is 5.82 Å². The Kier molecular flexibility index (Phi) is 1.80. The zero-order chi connectivity index (χ0) is 8.43. The maximum Gasteiger partial charge on any atom is 0.367 e. The van der Waals surface area contributed by atoms with Gasteiger partial charge in [0.1, 0.15) is 5.82 Å². The van der Waals surface area contributed by atoms with Gasteiger partial charge >= 0.3 is 5.69 Å². The molecule has 1 aromatic heterocycles. The summed E-state index contributed by atoms with van der Waals surface area (Å²) < 4.78 is 0.938. The first kappa shape index (κ1) is 7.59. The highest BCUT2D eigenvalue weighted by Crippen LogP contribution is 1.99. The first-order valence-corrected chi connectivity index (χ1v) is 3.13. The minimum atomic E-state index is -0.448. The Labute approximate surface area is 64.0 Å². The fourth-order valence-corrected chi connectivity index (χ4v) is 0.653. The van der Waals surface area contributed by atoms with E-state index in [2.05, 4.69) is 4.98 Å². The maximum atomic E-state index is 10.8. The van der Waals surface area contributed by atoms with Crippen molar-refractivity contribution in [3.05, 3.63) is 22.7 Å². The van der Waals surface area contributed by atoms with E-state index in [1.54, 1.807) is 11.0 Å². The monoisotopic (exact) mass is 154 g/mol. The van der Waals surface area contributed by atoms with Gasteiger partial charge in [0.25, 0.3) is 0 Å². The lowest BCUT2D eigenvalue weighted by molar-refractivity contribution is 0.858. The predicted molar refractivity (Wildman–Crippen MR) is 43.0 cm³/mol. The Hall–Kier alpha value is -1.52. The molecule has 0 amide bonds. The van der Waals surface area contributed by atoms with Crippen LogP contribution < -0.4 is 16.4 Å². The van der Waals surface area contributed by atoms with Gasteiger partial charge in [-0.2, -0.15) is 4.98 Å². The van der Waals surface area contributed by atoms with Gasteiger partial charge < -0.3 is 10.7 Å². The third-order valence-electron chi connectivity index (χ3n) is 1.27. The Morgan fingerprint density at radius 3 is 2.73 bits per heavy atom. The van der Waals surface area contributed by atoms with Gasteiger partial charge in [-0.25, -0.2) is 9.47 Å². The molecule has 1 heterocycles. The summed E-state index contributed by atoms with van der Waals surface area (Å²) in [6, 6.07) is 1.67. The molecule has 60 valence electrons. The summed E-state index contributed by atoms with van der Waals surface area (Å²) in [6.07, 6.45) is 1.48. The van der Waals surface area contributed by atoms with Crippen LogP contribution in [0.3, 0.4) is 0 Å². The summed E-state index contributed by atoms with van der Waals surface area (Å²) in [4.78, 5) is 16.3. The second-order valence-corrected chi connectivity index (χ2v) is 2.37. The van der Waals surface area contributed by atoms with Crippen LogP contribution in [0.5, 0.6) is 0 Å². The molecule has 0 unspecified atom stereocenters. The van der Waals surface area contributed by atoms with Crippen LogP contribution in [0.15, 0.2) is 17.1 Å². The number of aromatic nitrogens is 2. The van der Waals surface area contributed by atoms with E-state index in [4.69, 9.17) is 5.84 Å². The minimum absolute atomic E-state index is 0.448. The van der Waals surface area contributed by atoms with Crippen LogP contribution in [-0.2, 0) is 0 Å². The Balaban J connectivity index is 3.16. The zero-order valence-electron chi connectivity index (χ0n) is 6.48. The average Bonchev–Trinajstić information content (AvgIpc) is 1.94. The highest BCUT2D eigenvalue weighted by molar-refractivity contribution is 5.33. The quantitative estimate of drug-likeness (QED) is 0.528. The first-order chi connectivity index (χ1) is 5.11. The Bertz CT molecular complexity index is 304. The van der Waals surface area contributed by atoms with Crippen LogP contribution in [0.2, 0.25) is 0 Å². The molecule has 0 fully saturated rings. The number of anilines is 1. The second kappa shape index (κ2) is 2.61. The van der Waals surface area contributed by atoms with E-state index in [0.717, 1.165) is 4.68 Å². The van der Waals surface area contributed by atoms with Crippen LogP contribution in [0.1, 0.15) is 0 Å². The summed E-state index contributed by atoms with van der Waals surface area (Å²) in [6.45, 7) is 0. The molecule has 0 spiro atoms. The van der Waals surface area contributed by atoms with Gasteiger partial charge in [0.05, 0.1) is 0 Å². The van der Waals surface area contributed by atoms with E-state index in [1.165, 1.54) is 6.20 Å². The molecule has 0 aliphatic rings. The average molecular weight is 154 g/mol. The summed E-state index contributed by atoms with van der Waals surface area (Å²) in [5.41, 5.74) is -0.448. The molecule has 0 saturated carbocycles. The molecular formula is C6H10N4O. The van der Waals surface area contributed by atoms with Gasteiger partial charge in [0.2, 0.25) is 0 Å². The van der Waals surface area contributed by atoms with Gasteiger partial charge in [-0.1, -0.05) is 0 Å². The number of hydrogen-bond donors (Lipinski definition) is 1. The topological polar surface area (TPSA) is 64.2 Å². The third-order valence-corrected chi connectivity index (χ3v) is 1.27. The van der Waals surface area contributed by atoms with Gasteiger partial charge in [0.15, 0.2) is 0 Å². The van der Waals surface area contributed by atoms with Crippen LogP contribution in [0.4, 0.5) is 5.82 Å². The van der Waals surface area contributed by atoms with Crippen molar-refractivity contribution in [2.75, 3.05) is 24.8 Å². The number of rotatable bonds is 1. The molecule has 0 aliphatic carbocycles. The van der Waals surface area contributed by atoms with Crippen LogP contribution in [0, 0.1) is 0 Å². The number of nitrogens with two attached hydrogens (primary N) is 1. The van der Waals surface area contributed by atoms with Crippen molar-refractivity contribution in [3.63, 3.8) is 0 Å². The van der Waals surface area contributed by atoms with Crippen molar-refractivity contribution in [1.82, 2.24) is 9.66 Å². The Morgan fingerprint density at radius 1 is 1.64 bits per heavy atom. The lowest BCUT2D eigenvalue weighted by atomic mass is 10.5. The van der Waals surface area contributed by atoms with Crippen LogP contribution in [-0.4, -0.2) is 23.8 Å². The van der Waals surface area contributed by atoms with Crippen molar-refractivity contribution in [2.24, 2.45) is 0 Å². The fourth-order valence-electron chi connectivity index (χ4n) is 0.653. The minimum Gasteiger partial charge on any atom is -0.363 e.